The highest BCUT2D eigenvalue weighted by atomic mass is 16.6. The molecule has 0 saturated carbocycles. The SMILES string of the molecule is CC(N)C(O)(O)C(O)O. The van der Waals surface area contributed by atoms with E-state index in [1.807, 2.05) is 0 Å². The van der Waals surface area contributed by atoms with E-state index in [1.165, 1.54) is 6.92 Å². The van der Waals surface area contributed by atoms with Crippen molar-refractivity contribution in [2.24, 2.45) is 5.73 Å². The third kappa shape index (κ3) is 1.88. The second-order valence-corrected chi connectivity index (χ2v) is 1.95. The molecule has 0 aliphatic rings. The molecule has 0 aromatic heterocycles. The Morgan fingerprint density at radius 2 is 1.67 bits per heavy atom. The van der Waals surface area contributed by atoms with E-state index in [1.54, 1.807) is 0 Å². The highest BCUT2D eigenvalue weighted by Crippen LogP contribution is 2.06. The van der Waals surface area contributed by atoms with Crippen LogP contribution in [-0.2, 0) is 0 Å². The van der Waals surface area contributed by atoms with Crippen molar-refractivity contribution < 1.29 is 20.4 Å². The van der Waals surface area contributed by atoms with Gasteiger partial charge in [-0.1, -0.05) is 0 Å². The maximum Gasteiger partial charge on any atom is 0.230 e. The average molecular weight is 137 g/mol. The van der Waals surface area contributed by atoms with E-state index >= 15 is 0 Å². The summed E-state index contributed by atoms with van der Waals surface area (Å²) in [5.74, 6) is -2.61. The van der Waals surface area contributed by atoms with Gasteiger partial charge in [0.05, 0.1) is 6.04 Å². The Hall–Kier alpha value is -0.200. The molecule has 9 heavy (non-hydrogen) atoms. The molecule has 1 atom stereocenters. The van der Waals surface area contributed by atoms with Gasteiger partial charge in [-0.3, -0.25) is 0 Å². The molecule has 5 heteroatoms. The van der Waals surface area contributed by atoms with Gasteiger partial charge in [0.2, 0.25) is 12.1 Å². The number of aliphatic hydroxyl groups is 4. The number of hydrogen-bond donors (Lipinski definition) is 5. The van der Waals surface area contributed by atoms with Crippen LogP contribution < -0.4 is 5.73 Å². The smallest absolute Gasteiger partial charge is 0.230 e. The molecular weight excluding hydrogens is 126 g/mol. The lowest BCUT2D eigenvalue weighted by Crippen LogP contribution is -2.54. The molecule has 0 rings (SSSR count). The van der Waals surface area contributed by atoms with Crippen molar-refractivity contribution in [2.75, 3.05) is 0 Å². The third-order valence-corrected chi connectivity index (χ3v) is 1.05. The van der Waals surface area contributed by atoms with Gasteiger partial charge in [-0.05, 0) is 6.92 Å². The Morgan fingerprint density at radius 3 is 1.67 bits per heavy atom. The average Bonchev–Trinajstić information content (AvgIpc) is 1.65. The topological polar surface area (TPSA) is 107 Å². The monoisotopic (exact) mass is 137 g/mol. The number of rotatable bonds is 2. The van der Waals surface area contributed by atoms with Gasteiger partial charge < -0.3 is 26.2 Å². The first-order valence-electron chi connectivity index (χ1n) is 2.45. The van der Waals surface area contributed by atoms with Gasteiger partial charge in [-0.15, -0.1) is 0 Å². The van der Waals surface area contributed by atoms with Gasteiger partial charge in [0.1, 0.15) is 0 Å². The summed E-state index contributed by atoms with van der Waals surface area (Å²) < 4.78 is 0. The summed E-state index contributed by atoms with van der Waals surface area (Å²) >= 11 is 0. The van der Waals surface area contributed by atoms with E-state index in [-0.39, 0.29) is 0 Å². The quantitative estimate of drug-likeness (QED) is 0.267. The summed E-state index contributed by atoms with van der Waals surface area (Å²) in [4.78, 5) is 0. The van der Waals surface area contributed by atoms with Gasteiger partial charge >= 0.3 is 0 Å². The van der Waals surface area contributed by atoms with Crippen molar-refractivity contribution >= 4 is 0 Å². The van der Waals surface area contributed by atoms with Crippen LogP contribution in [0.15, 0.2) is 0 Å². The first kappa shape index (κ1) is 8.80. The first-order chi connectivity index (χ1) is 3.89. The van der Waals surface area contributed by atoms with E-state index < -0.39 is 18.1 Å². The van der Waals surface area contributed by atoms with E-state index in [0.29, 0.717) is 0 Å². The normalized spacial score (nSPS) is 16.3. The second kappa shape index (κ2) is 2.59. The summed E-state index contributed by atoms with van der Waals surface area (Å²) in [7, 11) is 0. The molecule has 6 N–H and O–H groups in total. The Morgan fingerprint density at radius 1 is 1.33 bits per heavy atom. The molecule has 0 aromatic carbocycles. The van der Waals surface area contributed by atoms with Crippen LogP contribution in [0.4, 0.5) is 0 Å². The predicted octanol–water partition coefficient (Wildman–Crippen LogP) is -2.67. The fourth-order valence-electron chi connectivity index (χ4n) is 0.235. The van der Waals surface area contributed by atoms with Crippen molar-refractivity contribution in [3.05, 3.63) is 0 Å². The van der Waals surface area contributed by atoms with Crippen LogP contribution in [0.2, 0.25) is 0 Å². The lowest BCUT2D eigenvalue weighted by Gasteiger charge is -2.26. The molecule has 0 aliphatic carbocycles. The van der Waals surface area contributed by atoms with Crippen molar-refractivity contribution in [2.45, 2.75) is 25.0 Å². The molecular formula is C4H11NO4. The lowest BCUT2D eigenvalue weighted by atomic mass is 10.1. The molecule has 0 bridgehead atoms. The van der Waals surface area contributed by atoms with E-state index in [9.17, 15) is 0 Å². The number of aliphatic hydroxyl groups excluding tert-OH is 1. The standard InChI is InChI=1S/C4H11NO4/c1-2(5)4(8,9)3(6)7/h2-3,6-9H,5H2,1H3. The summed E-state index contributed by atoms with van der Waals surface area (Å²) in [6.07, 6.45) is -2.22. The zero-order valence-corrected chi connectivity index (χ0v) is 5.02. The maximum atomic E-state index is 8.60. The van der Waals surface area contributed by atoms with Crippen molar-refractivity contribution in [1.82, 2.24) is 0 Å². The minimum absolute atomic E-state index is 1.10. The number of nitrogens with two attached hydrogens (primary N) is 1. The van der Waals surface area contributed by atoms with Crippen molar-refractivity contribution in [3.8, 4) is 0 Å². The Labute approximate surface area is 52.4 Å². The van der Waals surface area contributed by atoms with E-state index in [4.69, 9.17) is 26.2 Å². The fourth-order valence-corrected chi connectivity index (χ4v) is 0.235. The molecule has 0 aliphatic heterocycles. The minimum atomic E-state index is -2.61. The van der Waals surface area contributed by atoms with Crippen molar-refractivity contribution in [3.63, 3.8) is 0 Å². The molecule has 56 valence electrons. The molecule has 0 radical (unpaired) electrons. The van der Waals surface area contributed by atoms with Gasteiger partial charge in [-0.25, -0.2) is 0 Å². The zero-order chi connectivity index (χ0) is 7.65. The molecule has 0 amide bonds. The van der Waals surface area contributed by atoms with Gasteiger partial charge in [0.25, 0.3) is 0 Å². The Bertz CT molecular complexity index is 80.6. The third-order valence-electron chi connectivity index (χ3n) is 1.05. The predicted molar refractivity (Wildman–Crippen MR) is 29.0 cm³/mol. The van der Waals surface area contributed by atoms with Gasteiger partial charge in [-0.2, -0.15) is 0 Å². The van der Waals surface area contributed by atoms with Crippen molar-refractivity contribution in [1.29, 1.82) is 0 Å². The molecule has 0 saturated heterocycles. The van der Waals surface area contributed by atoms with E-state index in [0.717, 1.165) is 0 Å². The highest BCUT2D eigenvalue weighted by molar-refractivity contribution is 4.76. The molecule has 5 nitrogen and oxygen atoms in total. The summed E-state index contributed by atoms with van der Waals surface area (Å²) in [5, 5.41) is 33.7. The molecule has 0 fully saturated rings. The second-order valence-electron chi connectivity index (χ2n) is 1.95. The Balaban J connectivity index is 4.01. The van der Waals surface area contributed by atoms with Crippen LogP contribution in [-0.4, -0.2) is 38.5 Å². The zero-order valence-electron chi connectivity index (χ0n) is 5.02. The Kier molecular flexibility index (Phi) is 2.53. The molecule has 0 heterocycles. The number of hydrogen-bond acceptors (Lipinski definition) is 5. The summed E-state index contributed by atoms with van der Waals surface area (Å²) in [6, 6.07) is -1.10. The van der Waals surface area contributed by atoms with E-state index in [2.05, 4.69) is 0 Å². The largest absolute Gasteiger partial charge is 0.364 e. The van der Waals surface area contributed by atoms with Crippen LogP contribution in [0.3, 0.4) is 0 Å². The summed E-state index contributed by atoms with van der Waals surface area (Å²) in [6.45, 7) is 1.25. The van der Waals surface area contributed by atoms with Crippen LogP contribution in [0.25, 0.3) is 0 Å². The van der Waals surface area contributed by atoms with Crippen LogP contribution >= 0.6 is 0 Å². The van der Waals surface area contributed by atoms with Gasteiger partial charge in [0, 0.05) is 0 Å². The fraction of sp³-hybridized carbons (Fsp3) is 1.00. The summed E-state index contributed by atoms with van der Waals surface area (Å²) in [5.41, 5.74) is 4.95. The van der Waals surface area contributed by atoms with Crippen LogP contribution in [0.1, 0.15) is 6.92 Å². The van der Waals surface area contributed by atoms with Gasteiger partial charge in [0.15, 0.2) is 0 Å². The molecule has 0 aromatic rings. The molecule has 0 spiro atoms. The van der Waals surface area contributed by atoms with Crippen LogP contribution in [0, 0.1) is 0 Å². The lowest BCUT2D eigenvalue weighted by molar-refractivity contribution is -0.296. The first-order valence-corrected chi connectivity index (χ1v) is 2.45. The minimum Gasteiger partial charge on any atom is -0.364 e. The van der Waals surface area contributed by atoms with Crippen LogP contribution in [0.5, 0.6) is 0 Å². The molecule has 1 unspecified atom stereocenters. The maximum absolute atomic E-state index is 8.60. The highest BCUT2D eigenvalue weighted by Gasteiger charge is 2.35.